The van der Waals surface area contributed by atoms with E-state index in [-0.39, 0.29) is 0 Å². The van der Waals surface area contributed by atoms with Crippen LogP contribution in [0.3, 0.4) is 0 Å². The van der Waals surface area contributed by atoms with Crippen molar-refractivity contribution in [2.24, 2.45) is 0 Å². The largest absolute Gasteiger partial charge is 0.240 e. The highest BCUT2D eigenvalue weighted by atomic mass is 32.2. The molecule has 1 N–H and O–H groups in total. The zero-order valence-electron chi connectivity index (χ0n) is 11.9. The zero-order chi connectivity index (χ0) is 15.1. The Hall–Kier alpha value is -0.820. The average molecular weight is 342 g/mol. The van der Waals surface area contributed by atoms with Crippen molar-refractivity contribution in [1.29, 1.82) is 0 Å². The molecule has 1 aromatic heterocycles. The van der Waals surface area contributed by atoms with E-state index in [0.29, 0.717) is 11.4 Å². The third-order valence-electron chi connectivity index (χ3n) is 3.00. The van der Waals surface area contributed by atoms with Crippen molar-refractivity contribution in [3.63, 3.8) is 0 Å². The van der Waals surface area contributed by atoms with E-state index in [9.17, 15) is 8.42 Å². The fraction of sp³-hybridized carbons (Fsp3) is 0.333. The Morgan fingerprint density at radius 1 is 1.19 bits per heavy atom. The lowest BCUT2D eigenvalue weighted by Crippen LogP contribution is -2.26. The van der Waals surface area contributed by atoms with Crippen molar-refractivity contribution < 1.29 is 8.42 Å². The van der Waals surface area contributed by atoms with Crippen LogP contribution in [-0.2, 0) is 22.2 Å². The lowest BCUT2D eigenvalue weighted by molar-refractivity contribution is 0.584. The lowest BCUT2D eigenvalue weighted by Gasteiger charge is -2.07. The van der Waals surface area contributed by atoms with E-state index in [1.54, 1.807) is 35.2 Å². The van der Waals surface area contributed by atoms with Crippen LogP contribution in [0.1, 0.15) is 17.4 Å². The van der Waals surface area contributed by atoms with Crippen molar-refractivity contribution in [3.05, 3.63) is 52.2 Å². The van der Waals surface area contributed by atoms with E-state index in [1.165, 1.54) is 4.88 Å². The molecular weight excluding hydrogens is 322 g/mol. The minimum Gasteiger partial charge on any atom is -0.210 e. The minimum atomic E-state index is -3.38. The van der Waals surface area contributed by atoms with E-state index in [4.69, 9.17) is 0 Å². The molecule has 0 radical (unpaired) electrons. The van der Waals surface area contributed by atoms with Crippen LogP contribution in [0.2, 0.25) is 0 Å². The first kappa shape index (κ1) is 16.5. The van der Waals surface area contributed by atoms with Gasteiger partial charge in [0.2, 0.25) is 10.0 Å². The number of thiophene rings is 1. The summed E-state index contributed by atoms with van der Waals surface area (Å²) < 4.78 is 26.9. The van der Waals surface area contributed by atoms with Crippen LogP contribution in [0.15, 0.2) is 46.7 Å². The summed E-state index contributed by atoms with van der Waals surface area (Å²) in [5.74, 6) is 1.70. The average Bonchev–Trinajstić information content (AvgIpc) is 3.00. The van der Waals surface area contributed by atoms with Gasteiger partial charge < -0.3 is 0 Å². The summed E-state index contributed by atoms with van der Waals surface area (Å²) in [5, 5.41) is 2.05. The number of thioether (sulfide) groups is 1. The molecule has 2 rings (SSSR count). The van der Waals surface area contributed by atoms with Gasteiger partial charge in [-0.2, -0.15) is 11.8 Å². The summed E-state index contributed by atoms with van der Waals surface area (Å²) in [6, 6.07) is 11.2. The molecule has 0 aliphatic carbocycles. The van der Waals surface area contributed by atoms with Gasteiger partial charge >= 0.3 is 0 Å². The molecular formula is C15H19NO2S3. The fourth-order valence-corrected chi connectivity index (χ4v) is 4.66. The van der Waals surface area contributed by atoms with E-state index < -0.39 is 10.0 Å². The van der Waals surface area contributed by atoms with Crippen LogP contribution >= 0.6 is 23.1 Å². The molecule has 0 bridgehead atoms. The van der Waals surface area contributed by atoms with Gasteiger partial charge in [0.1, 0.15) is 0 Å². The first-order chi connectivity index (χ1) is 10.1. The van der Waals surface area contributed by atoms with Gasteiger partial charge in [0.15, 0.2) is 0 Å². The first-order valence-corrected chi connectivity index (χ1v) is 10.3. The highest BCUT2D eigenvalue weighted by Gasteiger charge is 2.12. The number of nitrogens with one attached hydrogen (secondary N) is 1. The number of rotatable bonds is 8. The predicted octanol–water partition coefficient (Wildman–Crippen LogP) is 3.52. The van der Waals surface area contributed by atoms with Gasteiger partial charge in [0, 0.05) is 22.9 Å². The molecule has 3 nitrogen and oxygen atoms in total. The Kier molecular flexibility index (Phi) is 6.29. The maximum atomic E-state index is 12.1. The molecule has 0 spiro atoms. The molecule has 21 heavy (non-hydrogen) atoms. The Morgan fingerprint density at radius 2 is 1.95 bits per heavy atom. The quantitative estimate of drug-likeness (QED) is 0.747. The standard InChI is InChI=1S/C15H19NO2S3/c1-2-13-5-7-15(8-6-13)21(17,18)16-9-11-19-12-14-4-3-10-20-14/h3-8,10,16H,2,9,11-12H2,1H3. The normalized spacial score (nSPS) is 11.7. The monoisotopic (exact) mass is 341 g/mol. The van der Waals surface area contributed by atoms with Gasteiger partial charge in [-0.05, 0) is 35.6 Å². The molecule has 0 unspecified atom stereocenters. The molecule has 2 aromatic rings. The van der Waals surface area contributed by atoms with Crippen molar-refractivity contribution >= 4 is 33.1 Å². The smallest absolute Gasteiger partial charge is 0.210 e. The maximum absolute atomic E-state index is 12.1. The molecule has 1 aromatic carbocycles. The van der Waals surface area contributed by atoms with E-state index >= 15 is 0 Å². The van der Waals surface area contributed by atoms with Gasteiger partial charge in [-0.3, -0.25) is 0 Å². The Bertz CT molecular complexity index is 634. The summed E-state index contributed by atoms with van der Waals surface area (Å²) in [4.78, 5) is 1.65. The molecule has 0 amide bonds. The zero-order valence-corrected chi connectivity index (χ0v) is 14.4. The SMILES string of the molecule is CCc1ccc(S(=O)(=O)NCCSCc2cccs2)cc1. The topological polar surface area (TPSA) is 46.2 Å². The molecule has 0 aliphatic rings. The summed E-state index contributed by atoms with van der Waals surface area (Å²) in [6.45, 7) is 2.50. The van der Waals surface area contributed by atoms with E-state index in [0.717, 1.165) is 23.5 Å². The van der Waals surface area contributed by atoms with Gasteiger partial charge in [-0.25, -0.2) is 13.1 Å². The maximum Gasteiger partial charge on any atom is 0.240 e. The molecule has 1 heterocycles. The first-order valence-electron chi connectivity index (χ1n) is 6.80. The third kappa shape index (κ3) is 5.14. The minimum absolute atomic E-state index is 0.336. The molecule has 0 saturated heterocycles. The Morgan fingerprint density at radius 3 is 2.57 bits per heavy atom. The van der Waals surface area contributed by atoms with Crippen LogP contribution < -0.4 is 4.72 Å². The number of sulfonamides is 1. The van der Waals surface area contributed by atoms with Crippen molar-refractivity contribution in [2.75, 3.05) is 12.3 Å². The van der Waals surface area contributed by atoms with Crippen LogP contribution in [0, 0.1) is 0 Å². The summed E-state index contributed by atoms with van der Waals surface area (Å²) in [7, 11) is -3.38. The Balaban J connectivity index is 1.78. The highest BCUT2D eigenvalue weighted by molar-refractivity contribution is 7.98. The molecule has 6 heteroatoms. The lowest BCUT2D eigenvalue weighted by atomic mass is 10.2. The number of benzene rings is 1. The predicted molar refractivity (Wildman–Crippen MR) is 91.5 cm³/mol. The molecule has 0 saturated carbocycles. The van der Waals surface area contributed by atoms with Gasteiger partial charge in [0.05, 0.1) is 4.90 Å². The van der Waals surface area contributed by atoms with Crippen LogP contribution in [0.5, 0.6) is 0 Å². The van der Waals surface area contributed by atoms with Crippen LogP contribution in [-0.4, -0.2) is 20.7 Å². The van der Waals surface area contributed by atoms with E-state index in [1.807, 2.05) is 25.1 Å². The second-order valence-corrected chi connectivity index (χ2v) is 8.43. The molecule has 0 atom stereocenters. The highest BCUT2D eigenvalue weighted by Crippen LogP contribution is 2.17. The fourth-order valence-electron chi connectivity index (χ4n) is 1.80. The van der Waals surface area contributed by atoms with Crippen molar-refractivity contribution in [3.8, 4) is 0 Å². The molecule has 0 fully saturated rings. The number of hydrogen-bond donors (Lipinski definition) is 1. The van der Waals surface area contributed by atoms with Crippen LogP contribution in [0.4, 0.5) is 0 Å². The number of hydrogen-bond acceptors (Lipinski definition) is 4. The summed E-state index contributed by atoms with van der Waals surface area (Å²) in [6.07, 6.45) is 0.910. The van der Waals surface area contributed by atoms with Crippen molar-refractivity contribution in [1.82, 2.24) is 4.72 Å². The van der Waals surface area contributed by atoms with Gasteiger partial charge in [-0.1, -0.05) is 25.1 Å². The second-order valence-electron chi connectivity index (χ2n) is 4.53. The van der Waals surface area contributed by atoms with Crippen LogP contribution in [0.25, 0.3) is 0 Å². The van der Waals surface area contributed by atoms with Crippen molar-refractivity contribution in [2.45, 2.75) is 24.0 Å². The Labute approximate surface area is 134 Å². The summed E-state index contributed by atoms with van der Waals surface area (Å²) in [5.41, 5.74) is 1.14. The molecule has 0 aliphatic heterocycles. The third-order valence-corrected chi connectivity index (χ3v) is 6.55. The molecule has 114 valence electrons. The van der Waals surface area contributed by atoms with Gasteiger partial charge in [-0.15, -0.1) is 11.3 Å². The van der Waals surface area contributed by atoms with E-state index in [2.05, 4.69) is 16.2 Å². The summed E-state index contributed by atoms with van der Waals surface area (Å²) >= 11 is 3.46. The number of aryl methyl sites for hydroxylation is 1. The second kappa shape index (κ2) is 7.98. The van der Waals surface area contributed by atoms with Gasteiger partial charge in [0.25, 0.3) is 0 Å².